The molecular formula is C18H23NO. The molecule has 0 fully saturated rings. The topological polar surface area (TPSA) is 21.3 Å². The molecule has 2 heteroatoms. The molecule has 2 rings (SSSR count). The van der Waals surface area contributed by atoms with Crippen molar-refractivity contribution in [1.82, 2.24) is 5.32 Å². The first kappa shape index (κ1) is 14.6. The first-order valence-electron chi connectivity index (χ1n) is 7.04. The van der Waals surface area contributed by atoms with Gasteiger partial charge in [-0.05, 0) is 56.6 Å². The third kappa shape index (κ3) is 3.61. The monoisotopic (exact) mass is 269 g/mol. The number of nitrogens with one attached hydrogen (secondary N) is 1. The third-order valence-corrected chi connectivity index (χ3v) is 3.56. The van der Waals surface area contributed by atoms with Crippen LogP contribution in [0.1, 0.15) is 28.3 Å². The standard InChI is InChI=1S/C18H23NO/c1-13-6-5-7-16(10-13)20-12-18(19-4)17-11-14(2)8-9-15(17)3/h5-11,18-19H,12H2,1-4H3. The van der Waals surface area contributed by atoms with E-state index in [4.69, 9.17) is 4.74 Å². The predicted octanol–water partition coefficient (Wildman–Crippen LogP) is 3.95. The minimum atomic E-state index is 0.204. The van der Waals surface area contributed by atoms with E-state index >= 15 is 0 Å². The number of hydrogen-bond donors (Lipinski definition) is 1. The van der Waals surface area contributed by atoms with Gasteiger partial charge in [-0.3, -0.25) is 0 Å². The highest BCUT2D eigenvalue weighted by Gasteiger charge is 2.13. The minimum absolute atomic E-state index is 0.204. The van der Waals surface area contributed by atoms with E-state index in [-0.39, 0.29) is 6.04 Å². The summed E-state index contributed by atoms with van der Waals surface area (Å²) in [6.07, 6.45) is 0. The van der Waals surface area contributed by atoms with Crippen molar-refractivity contribution in [2.45, 2.75) is 26.8 Å². The van der Waals surface area contributed by atoms with Crippen LogP contribution >= 0.6 is 0 Å². The number of aryl methyl sites for hydroxylation is 3. The Morgan fingerprint density at radius 2 is 1.75 bits per heavy atom. The number of likely N-dealkylation sites (N-methyl/N-ethyl adjacent to an activating group) is 1. The first-order valence-corrected chi connectivity index (χ1v) is 7.04. The molecule has 1 atom stereocenters. The lowest BCUT2D eigenvalue weighted by atomic mass is 9.99. The lowest BCUT2D eigenvalue weighted by molar-refractivity contribution is 0.272. The SMILES string of the molecule is CNC(COc1cccc(C)c1)c1cc(C)ccc1C. The van der Waals surface area contributed by atoms with Crippen LogP contribution in [0.5, 0.6) is 5.75 Å². The van der Waals surface area contributed by atoms with Gasteiger partial charge < -0.3 is 10.1 Å². The fraction of sp³-hybridized carbons (Fsp3) is 0.333. The van der Waals surface area contributed by atoms with Crippen LogP contribution < -0.4 is 10.1 Å². The van der Waals surface area contributed by atoms with Gasteiger partial charge in [0.25, 0.3) is 0 Å². The van der Waals surface area contributed by atoms with Gasteiger partial charge in [0, 0.05) is 0 Å². The van der Waals surface area contributed by atoms with Gasteiger partial charge in [0.1, 0.15) is 12.4 Å². The highest BCUT2D eigenvalue weighted by molar-refractivity contribution is 5.33. The summed E-state index contributed by atoms with van der Waals surface area (Å²) in [5.74, 6) is 0.926. The van der Waals surface area contributed by atoms with Gasteiger partial charge in [0.05, 0.1) is 6.04 Å². The zero-order chi connectivity index (χ0) is 14.5. The van der Waals surface area contributed by atoms with Crippen LogP contribution in [0.4, 0.5) is 0 Å². The Morgan fingerprint density at radius 3 is 2.45 bits per heavy atom. The second-order valence-electron chi connectivity index (χ2n) is 5.33. The van der Waals surface area contributed by atoms with Gasteiger partial charge in [-0.2, -0.15) is 0 Å². The number of benzene rings is 2. The van der Waals surface area contributed by atoms with Crippen LogP contribution in [-0.4, -0.2) is 13.7 Å². The Hall–Kier alpha value is -1.80. The maximum Gasteiger partial charge on any atom is 0.119 e. The molecule has 0 bridgehead atoms. The summed E-state index contributed by atoms with van der Waals surface area (Å²) in [4.78, 5) is 0. The molecule has 0 aliphatic carbocycles. The molecule has 1 unspecified atom stereocenters. The zero-order valence-corrected chi connectivity index (χ0v) is 12.7. The molecule has 0 aromatic heterocycles. The molecule has 20 heavy (non-hydrogen) atoms. The van der Waals surface area contributed by atoms with Gasteiger partial charge >= 0.3 is 0 Å². The molecule has 0 heterocycles. The molecule has 0 saturated heterocycles. The molecule has 106 valence electrons. The third-order valence-electron chi connectivity index (χ3n) is 3.56. The van der Waals surface area contributed by atoms with Gasteiger partial charge in [-0.1, -0.05) is 35.9 Å². The van der Waals surface area contributed by atoms with Crippen molar-refractivity contribution in [1.29, 1.82) is 0 Å². The smallest absolute Gasteiger partial charge is 0.119 e. The lowest BCUT2D eigenvalue weighted by Gasteiger charge is -2.20. The van der Waals surface area contributed by atoms with Gasteiger partial charge in [-0.25, -0.2) is 0 Å². The Bertz CT molecular complexity index is 577. The Morgan fingerprint density at radius 1 is 1.00 bits per heavy atom. The average molecular weight is 269 g/mol. The summed E-state index contributed by atoms with van der Waals surface area (Å²) in [6.45, 7) is 6.97. The van der Waals surface area contributed by atoms with E-state index in [2.05, 4.69) is 56.4 Å². The van der Waals surface area contributed by atoms with Crippen LogP contribution in [0.3, 0.4) is 0 Å². The summed E-state index contributed by atoms with van der Waals surface area (Å²) in [5, 5.41) is 3.35. The molecule has 0 saturated carbocycles. The van der Waals surface area contributed by atoms with E-state index in [1.54, 1.807) is 0 Å². The molecule has 2 nitrogen and oxygen atoms in total. The van der Waals surface area contributed by atoms with E-state index in [9.17, 15) is 0 Å². The lowest BCUT2D eigenvalue weighted by Crippen LogP contribution is -2.24. The van der Waals surface area contributed by atoms with Crippen LogP contribution in [0.2, 0.25) is 0 Å². The van der Waals surface area contributed by atoms with E-state index in [0.29, 0.717) is 6.61 Å². The highest BCUT2D eigenvalue weighted by Crippen LogP contribution is 2.21. The number of hydrogen-bond acceptors (Lipinski definition) is 2. The fourth-order valence-electron chi connectivity index (χ4n) is 2.35. The van der Waals surface area contributed by atoms with Crippen molar-refractivity contribution < 1.29 is 4.74 Å². The van der Waals surface area contributed by atoms with Gasteiger partial charge in [-0.15, -0.1) is 0 Å². The minimum Gasteiger partial charge on any atom is -0.492 e. The van der Waals surface area contributed by atoms with Gasteiger partial charge in [0.2, 0.25) is 0 Å². The fourth-order valence-corrected chi connectivity index (χ4v) is 2.35. The number of rotatable bonds is 5. The average Bonchev–Trinajstić information content (AvgIpc) is 2.43. The maximum atomic E-state index is 5.93. The zero-order valence-electron chi connectivity index (χ0n) is 12.7. The van der Waals surface area contributed by atoms with Crippen molar-refractivity contribution in [2.75, 3.05) is 13.7 Å². The van der Waals surface area contributed by atoms with Crippen molar-refractivity contribution in [2.24, 2.45) is 0 Å². The number of ether oxygens (including phenoxy) is 1. The molecule has 0 spiro atoms. The normalized spacial score (nSPS) is 12.2. The second-order valence-corrected chi connectivity index (χ2v) is 5.33. The Kier molecular flexibility index (Phi) is 4.80. The van der Waals surface area contributed by atoms with E-state index in [1.165, 1.54) is 22.3 Å². The molecular weight excluding hydrogens is 246 g/mol. The Labute approximate surface area is 121 Å². The summed E-state index contributed by atoms with van der Waals surface area (Å²) >= 11 is 0. The second kappa shape index (κ2) is 6.58. The van der Waals surface area contributed by atoms with E-state index in [0.717, 1.165) is 5.75 Å². The molecule has 0 radical (unpaired) electrons. The molecule has 0 aliphatic rings. The van der Waals surface area contributed by atoms with E-state index < -0.39 is 0 Å². The van der Waals surface area contributed by atoms with Crippen molar-refractivity contribution in [3.63, 3.8) is 0 Å². The van der Waals surface area contributed by atoms with Crippen LogP contribution in [0.15, 0.2) is 42.5 Å². The largest absolute Gasteiger partial charge is 0.492 e. The van der Waals surface area contributed by atoms with E-state index in [1.807, 2.05) is 19.2 Å². The summed E-state index contributed by atoms with van der Waals surface area (Å²) in [5.41, 5.74) is 5.10. The molecule has 2 aromatic rings. The molecule has 2 aromatic carbocycles. The van der Waals surface area contributed by atoms with Crippen molar-refractivity contribution >= 4 is 0 Å². The first-order chi connectivity index (χ1) is 9.60. The van der Waals surface area contributed by atoms with Gasteiger partial charge in [0.15, 0.2) is 0 Å². The van der Waals surface area contributed by atoms with Crippen LogP contribution in [-0.2, 0) is 0 Å². The van der Waals surface area contributed by atoms with Crippen LogP contribution in [0.25, 0.3) is 0 Å². The summed E-state index contributed by atoms with van der Waals surface area (Å²) in [6, 6.07) is 14.9. The maximum absolute atomic E-state index is 5.93. The summed E-state index contributed by atoms with van der Waals surface area (Å²) < 4.78 is 5.93. The van der Waals surface area contributed by atoms with Crippen molar-refractivity contribution in [3.8, 4) is 5.75 Å². The molecule has 1 N–H and O–H groups in total. The van der Waals surface area contributed by atoms with Crippen molar-refractivity contribution in [3.05, 3.63) is 64.7 Å². The highest BCUT2D eigenvalue weighted by atomic mass is 16.5. The quantitative estimate of drug-likeness (QED) is 0.887. The molecule has 0 amide bonds. The van der Waals surface area contributed by atoms with Crippen LogP contribution in [0, 0.1) is 20.8 Å². The summed E-state index contributed by atoms with van der Waals surface area (Å²) in [7, 11) is 1.98. The Balaban J connectivity index is 2.11. The molecule has 0 aliphatic heterocycles. The predicted molar refractivity (Wildman–Crippen MR) is 84.4 cm³/mol.